The minimum Gasteiger partial charge on any atom is -0.379 e. The van der Waals surface area contributed by atoms with E-state index in [1.807, 2.05) is 31.2 Å². The van der Waals surface area contributed by atoms with Gasteiger partial charge in [-0.3, -0.25) is 4.90 Å². The third-order valence-electron chi connectivity index (χ3n) is 4.70. The quantitative estimate of drug-likeness (QED) is 0.739. The van der Waals surface area contributed by atoms with Crippen molar-refractivity contribution in [1.29, 1.82) is 0 Å². The molecule has 0 aliphatic carbocycles. The van der Waals surface area contributed by atoms with Crippen molar-refractivity contribution >= 4 is 10.0 Å². The third-order valence-corrected chi connectivity index (χ3v) is 6.15. The van der Waals surface area contributed by atoms with Crippen LogP contribution in [0.1, 0.15) is 17.2 Å². The number of nitrogens with one attached hydrogen (secondary N) is 1. The second-order valence-corrected chi connectivity index (χ2v) is 8.34. The van der Waals surface area contributed by atoms with Crippen LogP contribution < -0.4 is 4.72 Å². The lowest BCUT2D eigenvalue weighted by Gasteiger charge is -2.35. The summed E-state index contributed by atoms with van der Waals surface area (Å²) in [6, 6.07) is 8.65. The molecule has 152 valence electrons. The fourth-order valence-corrected chi connectivity index (χ4v) is 4.22. The zero-order chi connectivity index (χ0) is 20.3. The number of aryl methyl sites for hydroxylation is 1. The molecule has 0 spiro atoms. The Morgan fingerprint density at radius 2 is 1.68 bits per heavy atom. The van der Waals surface area contributed by atoms with Crippen LogP contribution in [0.4, 0.5) is 13.2 Å². The molecule has 0 aromatic heterocycles. The van der Waals surface area contributed by atoms with E-state index in [4.69, 9.17) is 4.74 Å². The Hall–Kier alpha value is -1.94. The lowest BCUT2D eigenvalue weighted by molar-refractivity contribution is 0.0172. The smallest absolute Gasteiger partial charge is 0.243 e. The Labute approximate surface area is 162 Å². The molecule has 1 heterocycles. The van der Waals surface area contributed by atoms with Crippen molar-refractivity contribution in [3.63, 3.8) is 0 Å². The van der Waals surface area contributed by atoms with E-state index in [9.17, 15) is 21.6 Å². The van der Waals surface area contributed by atoms with E-state index in [1.54, 1.807) is 0 Å². The van der Waals surface area contributed by atoms with Crippen LogP contribution in [-0.2, 0) is 14.8 Å². The van der Waals surface area contributed by atoms with Crippen LogP contribution >= 0.6 is 0 Å². The van der Waals surface area contributed by atoms with Gasteiger partial charge in [-0.25, -0.2) is 26.3 Å². The van der Waals surface area contributed by atoms with E-state index >= 15 is 0 Å². The Kier molecular flexibility index (Phi) is 6.39. The molecule has 1 saturated heterocycles. The molecule has 2 aromatic carbocycles. The van der Waals surface area contributed by atoms with Gasteiger partial charge in [-0.2, -0.15) is 0 Å². The standard InChI is InChI=1S/C19H21F3N2O3S/c1-13-2-4-14(5-3-13)16(24-8-10-27-11-9-24)12-23-28(25,26)17-7-6-15(20)18(21)19(17)22/h2-7,16,23H,8-12H2,1H3/t16-/m1/s1. The second-order valence-electron chi connectivity index (χ2n) is 6.60. The fourth-order valence-electron chi connectivity index (χ4n) is 3.12. The van der Waals surface area contributed by atoms with E-state index < -0.39 is 32.4 Å². The van der Waals surface area contributed by atoms with Crippen LogP contribution in [0.2, 0.25) is 0 Å². The summed E-state index contributed by atoms with van der Waals surface area (Å²) in [5, 5.41) is 0. The lowest BCUT2D eigenvalue weighted by atomic mass is 10.0. The molecule has 0 amide bonds. The van der Waals surface area contributed by atoms with Crippen molar-refractivity contribution in [2.45, 2.75) is 17.9 Å². The highest BCUT2D eigenvalue weighted by atomic mass is 32.2. The molecule has 0 saturated carbocycles. The summed E-state index contributed by atoms with van der Waals surface area (Å²) in [6.45, 7) is 4.16. The van der Waals surface area contributed by atoms with Gasteiger partial charge in [0.05, 0.1) is 13.2 Å². The van der Waals surface area contributed by atoms with Crippen molar-refractivity contribution in [1.82, 2.24) is 9.62 Å². The van der Waals surface area contributed by atoms with Crippen molar-refractivity contribution < 1.29 is 26.3 Å². The molecule has 1 atom stereocenters. The van der Waals surface area contributed by atoms with Gasteiger partial charge in [-0.05, 0) is 24.6 Å². The number of rotatable bonds is 6. The normalized spacial score (nSPS) is 16.9. The number of hydrogen-bond donors (Lipinski definition) is 1. The number of nitrogens with zero attached hydrogens (tertiary/aromatic N) is 1. The first-order valence-corrected chi connectivity index (χ1v) is 10.3. The summed E-state index contributed by atoms with van der Waals surface area (Å²) < 4.78 is 73.2. The van der Waals surface area contributed by atoms with Gasteiger partial charge in [0.15, 0.2) is 17.5 Å². The molecule has 5 nitrogen and oxygen atoms in total. The average Bonchev–Trinajstić information content (AvgIpc) is 2.68. The maximum atomic E-state index is 13.9. The largest absolute Gasteiger partial charge is 0.379 e. The van der Waals surface area contributed by atoms with Gasteiger partial charge in [0.25, 0.3) is 0 Å². The van der Waals surface area contributed by atoms with Crippen LogP contribution in [0.15, 0.2) is 41.3 Å². The molecule has 1 aliphatic heterocycles. The van der Waals surface area contributed by atoms with E-state index in [0.29, 0.717) is 38.4 Å². The number of halogens is 3. The molecular formula is C19H21F3N2O3S. The minimum atomic E-state index is -4.37. The van der Waals surface area contributed by atoms with Crippen LogP contribution in [0.5, 0.6) is 0 Å². The Morgan fingerprint density at radius 1 is 1.04 bits per heavy atom. The average molecular weight is 414 g/mol. The molecule has 1 N–H and O–H groups in total. The number of benzene rings is 2. The van der Waals surface area contributed by atoms with Gasteiger partial charge in [-0.1, -0.05) is 29.8 Å². The molecule has 0 unspecified atom stereocenters. The molecule has 2 aromatic rings. The van der Waals surface area contributed by atoms with Gasteiger partial charge >= 0.3 is 0 Å². The van der Waals surface area contributed by atoms with E-state index in [-0.39, 0.29) is 12.6 Å². The number of ether oxygens (including phenoxy) is 1. The first-order chi connectivity index (χ1) is 13.3. The highest BCUT2D eigenvalue weighted by Gasteiger charge is 2.28. The highest BCUT2D eigenvalue weighted by Crippen LogP contribution is 2.24. The predicted octanol–water partition coefficient (Wildman–Crippen LogP) is 2.76. The Bertz CT molecular complexity index is 930. The first kappa shape index (κ1) is 20.8. The topological polar surface area (TPSA) is 58.6 Å². The van der Waals surface area contributed by atoms with Crippen molar-refractivity contribution in [3.05, 3.63) is 65.0 Å². The molecule has 9 heteroatoms. The third kappa shape index (κ3) is 4.54. The summed E-state index contributed by atoms with van der Waals surface area (Å²) in [7, 11) is -4.37. The van der Waals surface area contributed by atoms with E-state index in [2.05, 4.69) is 9.62 Å². The molecular weight excluding hydrogens is 393 g/mol. The number of sulfonamides is 1. The minimum absolute atomic E-state index is 0.0518. The zero-order valence-corrected chi connectivity index (χ0v) is 16.1. The second kappa shape index (κ2) is 8.60. The molecule has 0 bridgehead atoms. The fraction of sp³-hybridized carbons (Fsp3) is 0.368. The van der Waals surface area contributed by atoms with Crippen molar-refractivity contribution in [3.8, 4) is 0 Å². The van der Waals surface area contributed by atoms with Crippen LogP contribution in [-0.4, -0.2) is 46.2 Å². The summed E-state index contributed by atoms with van der Waals surface area (Å²) in [6.07, 6.45) is 0. The molecule has 1 fully saturated rings. The Balaban J connectivity index is 1.84. The van der Waals surface area contributed by atoms with E-state index in [1.165, 1.54) is 0 Å². The van der Waals surface area contributed by atoms with Crippen molar-refractivity contribution in [2.75, 3.05) is 32.8 Å². The van der Waals surface area contributed by atoms with Crippen molar-refractivity contribution in [2.24, 2.45) is 0 Å². The molecule has 3 rings (SSSR count). The Morgan fingerprint density at radius 3 is 2.32 bits per heavy atom. The zero-order valence-electron chi connectivity index (χ0n) is 15.3. The van der Waals surface area contributed by atoms with Crippen LogP contribution in [0.3, 0.4) is 0 Å². The van der Waals surface area contributed by atoms with Gasteiger partial charge in [-0.15, -0.1) is 0 Å². The van der Waals surface area contributed by atoms with Gasteiger partial charge in [0.1, 0.15) is 4.90 Å². The highest BCUT2D eigenvalue weighted by molar-refractivity contribution is 7.89. The predicted molar refractivity (Wildman–Crippen MR) is 97.8 cm³/mol. The van der Waals surface area contributed by atoms with Gasteiger partial charge in [0.2, 0.25) is 10.0 Å². The summed E-state index contributed by atoms with van der Waals surface area (Å²) in [5.41, 5.74) is 1.95. The van der Waals surface area contributed by atoms with Gasteiger partial charge in [0, 0.05) is 25.7 Å². The maximum Gasteiger partial charge on any atom is 0.243 e. The maximum absolute atomic E-state index is 13.9. The van der Waals surface area contributed by atoms with Crippen LogP contribution in [0, 0.1) is 24.4 Å². The van der Waals surface area contributed by atoms with Crippen LogP contribution in [0.25, 0.3) is 0 Å². The number of hydrogen-bond acceptors (Lipinski definition) is 4. The lowest BCUT2D eigenvalue weighted by Crippen LogP contribution is -2.43. The first-order valence-electron chi connectivity index (χ1n) is 8.81. The number of morpholine rings is 1. The SMILES string of the molecule is Cc1ccc([C@@H](CNS(=O)(=O)c2ccc(F)c(F)c2F)N2CCOCC2)cc1. The van der Waals surface area contributed by atoms with Gasteiger partial charge < -0.3 is 4.74 Å². The molecule has 1 aliphatic rings. The molecule has 28 heavy (non-hydrogen) atoms. The monoisotopic (exact) mass is 414 g/mol. The van der Waals surface area contributed by atoms with E-state index in [0.717, 1.165) is 11.1 Å². The summed E-state index contributed by atoms with van der Waals surface area (Å²) in [4.78, 5) is 1.15. The summed E-state index contributed by atoms with van der Waals surface area (Å²) in [5.74, 6) is -4.99. The molecule has 0 radical (unpaired) electrons. The summed E-state index contributed by atoms with van der Waals surface area (Å²) >= 11 is 0.